The Morgan fingerprint density at radius 1 is 1.50 bits per heavy atom. The number of hydrogen-bond acceptors (Lipinski definition) is 2. The number of rotatable bonds is 1. The van der Waals surface area contributed by atoms with Gasteiger partial charge in [-0.05, 0) is 38.9 Å². The van der Waals surface area contributed by atoms with Crippen LogP contribution in [-0.2, 0) is 0 Å². The zero-order valence-electron chi connectivity index (χ0n) is 6.84. The molecule has 1 aliphatic rings. The molecule has 2 nitrogen and oxygen atoms in total. The van der Waals surface area contributed by atoms with Crippen molar-refractivity contribution in [3.8, 4) is 0 Å². The Hall–Kier alpha value is -0.0800. The van der Waals surface area contributed by atoms with Crippen molar-refractivity contribution < 1.29 is 0 Å². The summed E-state index contributed by atoms with van der Waals surface area (Å²) < 4.78 is 0. The summed E-state index contributed by atoms with van der Waals surface area (Å²) in [5.41, 5.74) is 5.61. The third kappa shape index (κ3) is 2.27. The molecule has 2 heteroatoms. The number of nitrogens with two attached hydrogens (primary N) is 1. The summed E-state index contributed by atoms with van der Waals surface area (Å²) in [4.78, 5) is 2.39. The number of likely N-dealkylation sites (tertiary alicyclic amines) is 1. The molecule has 0 aromatic carbocycles. The Balaban J connectivity index is 2.30. The second-order valence-corrected chi connectivity index (χ2v) is 3.36. The maximum Gasteiger partial charge on any atom is 0.00187 e. The van der Waals surface area contributed by atoms with Gasteiger partial charge in [-0.15, -0.1) is 0 Å². The van der Waals surface area contributed by atoms with Gasteiger partial charge in [-0.25, -0.2) is 0 Å². The van der Waals surface area contributed by atoms with Gasteiger partial charge in [0.15, 0.2) is 0 Å². The monoisotopic (exact) mass is 142 g/mol. The molecule has 0 bridgehead atoms. The normalized spacial score (nSPS) is 30.0. The maximum atomic E-state index is 5.61. The van der Waals surface area contributed by atoms with E-state index >= 15 is 0 Å². The topological polar surface area (TPSA) is 29.3 Å². The van der Waals surface area contributed by atoms with Gasteiger partial charge in [-0.1, -0.05) is 6.42 Å². The van der Waals surface area contributed by atoms with Crippen LogP contribution in [0.2, 0.25) is 0 Å². The first kappa shape index (κ1) is 8.02. The van der Waals surface area contributed by atoms with Crippen molar-refractivity contribution in [2.75, 3.05) is 26.7 Å². The molecular weight excluding hydrogens is 124 g/mol. The predicted molar refractivity (Wildman–Crippen MR) is 43.9 cm³/mol. The lowest BCUT2D eigenvalue weighted by molar-refractivity contribution is 0.303. The van der Waals surface area contributed by atoms with Crippen LogP contribution in [0.15, 0.2) is 0 Å². The summed E-state index contributed by atoms with van der Waals surface area (Å²) in [6, 6.07) is 0. The summed E-state index contributed by atoms with van der Waals surface area (Å²) >= 11 is 0. The van der Waals surface area contributed by atoms with Gasteiger partial charge in [0.1, 0.15) is 0 Å². The lowest BCUT2D eigenvalue weighted by Gasteiger charge is -2.17. The van der Waals surface area contributed by atoms with Crippen LogP contribution in [-0.4, -0.2) is 31.6 Å². The van der Waals surface area contributed by atoms with Crippen LogP contribution >= 0.6 is 0 Å². The van der Waals surface area contributed by atoms with Gasteiger partial charge in [0.25, 0.3) is 0 Å². The minimum absolute atomic E-state index is 0.757. The average molecular weight is 142 g/mol. The summed E-state index contributed by atoms with van der Waals surface area (Å²) in [6.07, 6.45) is 4.06. The lowest BCUT2D eigenvalue weighted by Crippen LogP contribution is -2.28. The lowest BCUT2D eigenvalue weighted by atomic mass is 10.0. The Morgan fingerprint density at radius 3 is 3.00 bits per heavy atom. The highest BCUT2D eigenvalue weighted by molar-refractivity contribution is 4.68. The zero-order chi connectivity index (χ0) is 7.40. The Kier molecular flexibility index (Phi) is 3.16. The van der Waals surface area contributed by atoms with Crippen LogP contribution in [0, 0.1) is 5.92 Å². The molecule has 1 atom stereocenters. The Labute approximate surface area is 63.4 Å². The first-order valence-corrected chi connectivity index (χ1v) is 4.21. The van der Waals surface area contributed by atoms with Crippen molar-refractivity contribution in [1.29, 1.82) is 0 Å². The number of hydrogen-bond donors (Lipinski definition) is 1. The van der Waals surface area contributed by atoms with Crippen LogP contribution in [0.3, 0.4) is 0 Å². The van der Waals surface area contributed by atoms with E-state index in [-0.39, 0.29) is 0 Å². The fraction of sp³-hybridized carbons (Fsp3) is 1.00. The van der Waals surface area contributed by atoms with E-state index in [1.54, 1.807) is 0 Å². The van der Waals surface area contributed by atoms with E-state index < -0.39 is 0 Å². The fourth-order valence-electron chi connectivity index (χ4n) is 1.63. The summed E-state index contributed by atoms with van der Waals surface area (Å²) in [7, 11) is 2.19. The summed E-state index contributed by atoms with van der Waals surface area (Å²) in [5, 5.41) is 0. The van der Waals surface area contributed by atoms with E-state index in [2.05, 4.69) is 11.9 Å². The van der Waals surface area contributed by atoms with Crippen molar-refractivity contribution in [3.63, 3.8) is 0 Å². The molecule has 0 aromatic heterocycles. The standard InChI is InChI=1S/C8H18N2/c1-10-5-3-2-4-8(6-9)7-10/h8H,2-7,9H2,1H3/t8-/m0/s1. The molecule has 0 amide bonds. The van der Waals surface area contributed by atoms with Gasteiger partial charge >= 0.3 is 0 Å². The van der Waals surface area contributed by atoms with E-state index in [1.165, 1.54) is 32.4 Å². The smallest absolute Gasteiger partial charge is 0.00187 e. The molecule has 60 valence electrons. The van der Waals surface area contributed by atoms with Crippen molar-refractivity contribution in [2.24, 2.45) is 11.7 Å². The first-order valence-electron chi connectivity index (χ1n) is 4.21. The molecule has 1 heterocycles. The van der Waals surface area contributed by atoms with Crippen LogP contribution in [0.5, 0.6) is 0 Å². The zero-order valence-corrected chi connectivity index (χ0v) is 6.84. The quantitative estimate of drug-likeness (QED) is 0.583. The molecule has 0 aromatic rings. The molecular formula is C8H18N2. The van der Waals surface area contributed by atoms with Gasteiger partial charge in [-0.3, -0.25) is 0 Å². The van der Waals surface area contributed by atoms with Crippen LogP contribution < -0.4 is 5.73 Å². The molecule has 1 aliphatic heterocycles. The predicted octanol–water partition coefficient (Wildman–Crippen LogP) is 0.677. The average Bonchev–Trinajstić information content (AvgIpc) is 2.13. The molecule has 10 heavy (non-hydrogen) atoms. The number of nitrogens with zero attached hydrogens (tertiary/aromatic N) is 1. The molecule has 0 radical (unpaired) electrons. The van der Waals surface area contributed by atoms with E-state index in [0.29, 0.717) is 0 Å². The van der Waals surface area contributed by atoms with Gasteiger partial charge in [0.2, 0.25) is 0 Å². The molecule has 1 saturated heterocycles. The van der Waals surface area contributed by atoms with Gasteiger partial charge in [-0.2, -0.15) is 0 Å². The minimum atomic E-state index is 0.757. The highest BCUT2D eigenvalue weighted by Crippen LogP contribution is 2.13. The van der Waals surface area contributed by atoms with Crippen molar-refractivity contribution >= 4 is 0 Å². The molecule has 0 spiro atoms. The van der Waals surface area contributed by atoms with Crippen LogP contribution in [0.1, 0.15) is 19.3 Å². The highest BCUT2D eigenvalue weighted by atomic mass is 15.1. The van der Waals surface area contributed by atoms with E-state index in [1.807, 2.05) is 0 Å². The van der Waals surface area contributed by atoms with E-state index in [0.717, 1.165) is 12.5 Å². The van der Waals surface area contributed by atoms with Crippen LogP contribution in [0.25, 0.3) is 0 Å². The molecule has 2 N–H and O–H groups in total. The molecule has 1 fully saturated rings. The molecule has 0 saturated carbocycles. The largest absolute Gasteiger partial charge is 0.330 e. The molecule has 1 rings (SSSR count). The summed E-state index contributed by atoms with van der Waals surface area (Å²) in [6.45, 7) is 3.33. The first-order chi connectivity index (χ1) is 4.83. The molecule has 0 aliphatic carbocycles. The van der Waals surface area contributed by atoms with Crippen molar-refractivity contribution in [2.45, 2.75) is 19.3 Å². The maximum absolute atomic E-state index is 5.61. The van der Waals surface area contributed by atoms with Gasteiger partial charge in [0, 0.05) is 6.54 Å². The third-order valence-corrected chi connectivity index (χ3v) is 2.31. The minimum Gasteiger partial charge on any atom is -0.330 e. The van der Waals surface area contributed by atoms with Crippen molar-refractivity contribution in [1.82, 2.24) is 4.90 Å². The van der Waals surface area contributed by atoms with Crippen LogP contribution in [0.4, 0.5) is 0 Å². The van der Waals surface area contributed by atoms with E-state index in [9.17, 15) is 0 Å². The SMILES string of the molecule is CN1CCCC[C@@H](CN)C1. The second-order valence-electron chi connectivity index (χ2n) is 3.36. The van der Waals surface area contributed by atoms with Crippen molar-refractivity contribution in [3.05, 3.63) is 0 Å². The third-order valence-electron chi connectivity index (χ3n) is 2.31. The molecule has 0 unspecified atom stereocenters. The van der Waals surface area contributed by atoms with Gasteiger partial charge in [0.05, 0.1) is 0 Å². The summed E-state index contributed by atoms with van der Waals surface area (Å²) in [5.74, 6) is 0.757. The van der Waals surface area contributed by atoms with E-state index in [4.69, 9.17) is 5.73 Å². The second kappa shape index (κ2) is 3.94. The Morgan fingerprint density at radius 2 is 2.30 bits per heavy atom. The fourth-order valence-corrected chi connectivity index (χ4v) is 1.63. The van der Waals surface area contributed by atoms with Gasteiger partial charge < -0.3 is 10.6 Å². The highest BCUT2D eigenvalue weighted by Gasteiger charge is 2.12. The Bertz CT molecular complexity index is 93.3.